The van der Waals surface area contributed by atoms with E-state index in [9.17, 15) is 4.79 Å². The highest BCUT2D eigenvalue weighted by Gasteiger charge is 2.10. The van der Waals surface area contributed by atoms with E-state index in [-0.39, 0.29) is 12.5 Å². The minimum Gasteiger partial charge on any atom is -0.467 e. The van der Waals surface area contributed by atoms with E-state index in [0.717, 1.165) is 5.76 Å². The van der Waals surface area contributed by atoms with Gasteiger partial charge in [-0.15, -0.1) is 0 Å². The third-order valence-corrected chi connectivity index (χ3v) is 2.44. The Morgan fingerprint density at radius 3 is 2.67 bits per heavy atom. The van der Waals surface area contributed by atoms with Crippen molar-refractivity contribution in [3.63, 3.8) is 0 Å². The Balaban J connectivity index is 2.48. The molecule has 1 aromatic heterocycles. The Bertz CT molecular complexity index is 398. The van der Waals surface area contributed by atoms with Crippen LogP contribution < -0.4 is 5.32 Å². The molecule has 0 aliphatic heterocycles. The van der Waals surface area contributed by atoms with E-state index in [4.69, 9.17) is 4.42 Å². The van der Waals surface area contributed by atoms with Crippen molar-refractivity contribution in [1.82, 2.24) is 15.1 Å². The predicted octanol–water partition coefficient (Wildman–Crippen LogP) is 0.375. The highest BCUT2D eigenvalue weighted by atomic mass is 16.3. The van der Waals surface area contributed by atoms with Crippen LogP contribution in [0.2, 0.25) is 0 Å². The number of aliphatic imine (C=N–C) groups is 1. The van der Waals surface area contributed by atoms with Crippen molar-refractivity contribution in [3.05, 3.63) is 24.2 Å². The van der Waals surface area contributed by atoms with Gasteiger partial charge < -0.3 is 19.5 Å². The summed E-state index contributed by atoms with van der Waals surface area (Å²) < 4.78 is 5.26. The van der Waals surface area contributed by atoms with Crippen LogP contribution in [0.25, 0.3) is 0 Å². The maximum absolute atomic E-state index is 11.5. The van der Waals surface area contributed by atoms with Crippen molar-refractivity contribution in [2.75, 3.05) is 34.7 Å². The summed E-state index contributed by atoms with van der Waals surface area (Å²) in [6, 6.07) is 3.74. The van der Waals surface area contributed by atoms with Crippen LogP contribution in [0, 0.1) is 0 Å². The van der Waals surface area contributed by atoms with Crippen molar-refractivity contribution < 1.29 is 9.21 Å². The number of likely N-dealkylation sites (N-methyl/N-ethyl adjacent to an activating group) is 1. The fourth-order valence-electron chi connectivity index (χ4n) is 1.41. The van der Waals surface area contributed by atoms with Crippen molar-refractivity contribution in [2.24, 2.45) is 4.99 Å². The molecule has 1 amide bonds. The van der Waals surface area contributed by atoms with Gasteiger partial charge in [0.15, 0.2) is 5.96 Å². The van der Waals surface area contributed by atoms with Gasteiger partial charge in [0.1, 0.15) is 5.76 Å². The van der Waals surface area contributed by atoms with Gasteiger partial charge >= 0.3 is 0 Å². The van der Waals surface area contributed by atoms with Crippen LogP contribution in [-0.4, -0.2) is 56.4 Å². The second-order valence-electron chi connectivity index (χ2n) is 4.12. The number of nitrogens with zero attached hydrogens (tertiary/aromatic N) is 3. The quantitative estimate of drug-likeness (QED) is 0.621. The summed E-state index contributed by atoms with van der Waals surface area (Å²) in [6.45, 7) is 0.824. The number of carbonyl (C=O) groups is 1. The fraction of sp³-hybridized carbons (Fsp3) is 0.500. The Morgan fingerprint density at radius 1 is 1.44 bits per heavy atom. The molecule has 0 fully saturated rings. The third-order valence-electron chi connectivity index (χ3n) is 2.44. The summed E-state index contributed by atoms with van der Waals surface area (Å²) in [4.78, 5) is 19.0. The molecule has 6 heteroatoms. The van der Waals surface area contributed by atoms with Crippen LogP contribution in [0.4, 0.5) is 0 Å². The zero-order valence-electron chi connectivity index (χ0n) is 11.3. The molecular formula is C12H20N4O2. The van der Waals surface area contributed by atoms with E-state index >= 15 is 0 Å². The van der Waals surface area contributed by atoms with E-state index in [1.54, 1.807) is 27.4 Å². The number of hydrogen-bond acceptors (Lipinski definition) is 3. The van der Waals surface area contributed by atoms with Gasteiger partial charge in [0, 0.05) is 28.2 Å². The standard InChI is InChI=1S/C12H20N4O2/c1-13-12(14-8-11(17)15(2)3)16(4)9-10-6-5-7-18-10/h5-7H,8-9H2,1-4H3,(H,13,14). The Kier molecular flexibility index (Phi) is 5.23. The predicted molar refractivity (Wildman–Crippen MR) is 70.2 cm³/mol. The molecule has 0 radical (unpaired) electrons. The summed E-state index contributed by atoms with van der Waals surface area (Å²) in [5, 5.41) is 3.01. The number of furan rings is 1. The SMILES string of the molecule is CN=C(NCC(=O)N(C)C)N(C)Cc1ccco1. The van der Waals surface area contributed by atoms with Gasteiger partial charge in [-0.05, 0) is 12.1 Å². The first-order valence-electron chi connectivity index (χ1n) is 5.69. The number of guanidine groups is 1. The second kappa shape index (κ2) is 6.68. The van der Waals surface area contributed by atoms with Crippen LogP contribution in [0.3, 0.4) is 0 Å². The van der Waals surface area contributed by atoms with Gasteiger partial charge in [0.05, 0.1) is 19.4 Å². The molecule has 18 heavy (non-hydrogen) atoms. The van der Waals surface area contributed by atoms with E-state index in [1.165, 1.54) is 4.90 Å². The summed E-state index contributed by atoms with van der Waals surface area (Å²) in [5.74, 6) is 1.50. The first-order chi connectivity index (χ1) is 8.54. The Labute approximate surface area is 107 Å². The average Bonchev–Trinajstić information content (AvgIpc) is 2.82. The molecular weight excluding hydrogens is 232 g/mol. The minimum atomic E-state index is 0.00236. The number of amides is 1. The molecule has 0 aromatic carbocycles. The molecule has 0 bridgehead atoms. The first kappa shape index (κ1) is 14.1. The lowest BCUT2D eigenvalue weighted by atomic mass is 10.4. The average molecular weight is 252 g/mol. The number of rotatable bonds is 4. The van der Waals surface area contributed by atoms with Gasteiger partial charge in [-0.1, -0.05) is 0 Å². The van der Waals surface area contributed by atoms with Crippen LogP contribution in [0.15, 0.2) is 27.8 Å². The van der Waals surface area contributed by atoms with E-state index in [0.29, 0.717) is 12.5 Å². The molecule has 0 aliphatic rings. The van der Waals surface area contributed by atoms with Crippen LogP contribution >= 0.6 is 0 Å². The Hall–Kier alpha value is -1.98. The van der Waals surface area contributed by atoms with E-state index < -0.39 is 0 Å². The minimum absolute atomic E-state index is 0.00236. The van der Waals surface area contributed by atoms with Crippen LogP contribution in [0.1, 0.15) is 5.76 Å². The van der Waals surface area contributed by atoms with Gasteiger partial charge in [-0.2, -0.15) is 0 Å². The highest BCUT2D eigenvalue weighted by Crippen LogP contribution is 2.03. The van der Waals surface area contributed by atoms with Crippen molar-refractivity contribution in [2.45, 2.75) is 6.54 Å². The summed E-state index contributed by atoms with van der Waals surface area (Å²) in [7, 11) is 7.01. The van der Waals surface area contributed by atoms with E-state index in [1.807, 2.05) is 24.1 Å². The van der Waals surface area contributed by atoms with E-state index in [2.05, 4.69) is 10.3 Å². The fourth-order valence-corrected chi connectivity index (χ4v) is 1.41. The monoisotopic (exact) mass is 252 g/mol. The third kappa shape index (κ3) is 4.12. The molecule has 0 spiro atoms. The van der Waals surface area contributed by atoms with Crippen LogP contribution in [0.5, 0.6) is 0 Å². The van der Waals surface area contributed by atoms with Crippen LogP contribution in [-0.2, 0) is 11.3 Å². The number of hydrogen-bond donors (Lipinski definition) is 1. The second-order valence-corrected chi connectivity index (χ2v) is 4.12. The van der Waals surface area contributed by atoms with Gasteiger partial charge in [0.25, 0.3) is 0 Å². The smallest absolute Gasteiger partial charge is 0.241 e. The lowest BCUT2D eigenvalue weighted by molar-refractivity contribution is -0.127. The Morgan fingerprint density at radius 2 is 2.17 bits per heavy atom. The van der Waals surface area contributed by atoms with Crippen molar-refractivity contribution in [1.29, 1.82) is 0 Å². The van der Waals surface area contributed by atoms with Gasteiger partial charge in [-0.25, -0.2) is 0 Å². The molecule has 1 heterocycles. The highest BCUT2D eigenvalue weighted by molar-refractivity contribution is 5.86. The van der Waals surface area contributed by atoms with Gasteiger partial charge in [-0.3, -0.25) is 9.79 Å². The van der Waals surface area contributed by atoms with Crippen molar-refractivity contribution in [3.8, 4) is 0 Å². The summed E-state index contributed by atoms with van der Waals surface area (Å²) in [5.41, 5.74) is 0. The molecule has 1 N–H and O–H groups in total. The normalized spacial score (nSPS) is 11.2. The van der Waals surface area contributed by atoms with Crippen molar-refractivity contribution >= 4 is 11.9 Å². The lowest BCUT2D eigenvalue weighted by Crippen LogP contribution is -2.43. The topological polar surface area (TPSA) is 61.1 Å². The first-order valence-corrected chi connectivity index (χ1v) is 5.69. The van der Waals surface area contributed by atoms with Gasteiger partial charge in [0.2, 0.25) is 5.91 Å². The molecule has 6 nitrogen and oxygen atoms in total. The molecule has 0 unspecified atom stereocenters. The zero-order valence-corrected chi connectivity index (χ0v) is 11.3. The molecule has 1 rings (SSSR count). The molecule has 0 saturated carbocycles. The molecule has 0 atom stereocenters. The lowest BCUT2D eigenvalue weighted by Gasteiger charge is -2.21. The largest absolute Gasteiger partial charge is 0.467 e. The summed E-state index contributed by atoms with van der Waals surface area (Å²) >= 11 is 0. The molecule has 0 saturated heterocycles. The maximum atomic E-state index is 11.5. The molecule has 1 aromatic rings. The maximum Gasteiger partial charge on any atom is 0.241 e. The molecule has 100 valence electrons. The number of nitrogens with one attached hydrogen (secondary N) is 1. The summed E-state index contributed by atoms with van der Waals surface area (Å²) in [6.07, 6.45) is 1.63. The molecule has 0 aliphatic carbocycles. The number of carbonyl (C=O) groups excluding carboxylic acids is 1. The zero-order chi connectivity index (χ0) is 13.5.